The van der Waals surface area contributed by atoms with Gasteiger partial charge in [-0.25, -0.2) is 0 Å². The lowest BCUT2D eigenvalue weighted by molar-refractivity contribution is 0.0943. The van der Waals surface area contributed by atoms with Gasteiger partial charge in [0, 0.05) is 6.04 Å². The molecule has 0 bridgehead atoms. The zero-order chi connectivity index (χ0) is 12.8. The zero-order valence-corrected chi connectivity index (χ0v) is 11.2. The third kappa shape index (κ3) is 4.58. The Bertz CT molecular complexity index is 423. The van der Waals surface area contributed by atoms with E-state index >= 15 is 0 Å². The number of hydrogen-bond donors (Lipinski definition) is 3. The lowest BCUT2D eigenvalue weighted by Crippen LogP contribution is -2.48. The standard InChI is InChI=1S/C11H14ClN3OS/c1-7(2)13-11(17)15-14-10(16)8-5-3-4-6-9(8)12/h3-7H,1-2H3,(H,14,16)(H2,13,15,17). The first-order valence-electron chi connectivity index (χ1n) is 5.12. The monoisotopic (exact) mass is 271 g/mol. The number of hydrogen-bond acceptors (Lipinski definition) is 2. The van der Waals surface area contributed by atoms with Crippen molar-refractivity contribution >= 4 is 34.8 Å². The van der Waals surface area contributed by atoms with Crippen LogP contribution in [0.25, 0.3) is 0 Å². The van der Waals surface area contributed by atoms with E-state index in [1.165, 1.54) is 0 Å². The summed E-state index contributed by atoms with van der Waals surface area (Å²) in [6, 6.07) is 7.00. The molecule has 0 saturated carbocycles. The Balaban J connectivity index is 2.51. The maximum absolute atomic E-state index is 11.7. The van der Waals surface area contributed by atoms with Gasteiger partial charge in [0.25, 0.3) is 5.91 Å². The number of amides is 1. The van der Waals surface area contributed by atoms with Gasteiger partial charge >= 0.3 is 0 Å². The molecule has 1 aromatic carbocycles. The molecule has 1 rings (SSSR count). The second-order valence-electron chi connectivity index (χ2n) is 3.69. The average Bonchev–Trinajstić information content (AvgIpc) is 2.25. The number of benzene rings is 1. The summed E-state index contributed by atoms with van der Waals surface area (Å²) in [5.41, 5.74) is 5.47. The molecule has 0 fully saturated rings. The first kappa shape index (κ1) is 13.7. The number of hydrazine groups is 1. The molecular weight excluding hydrogens is 258 g/mol. The lowest BCUT2D eigenvalue weighted by Gasteiger charge is -2.14. The van der Waals surface area contributed by atoms with Gasteiger partial charge in [0.15, 0.2) is 5.11 Å². The summed E-state index contributed by atoms with van der Waals surface area (Å²) in [7, 11) is 0. The first-order chi connectivity index (χ1) is 8.00. The number of rotatable bonds is 2. The van der Waals surface area contributed by atoms with Crippen LogP contribution in [0.3, 0.4) is 0 Å². The van der Waals surface area contributed by atoms with E-state index in [-0.39, 0.29) is 11.9 Å². The molecule has 0 spiro atoms. The minimum Gasteiger partial charge on any atom is -0.359 e. The average molecular weight is 272 g/mol. The second kappa shape index (κ2) is 6.42. The van der Waals surface area contributed by atoms with Gasteiger partial charge in [0.2, 0.25) is 0 Å². The summed E-state index contributed by atoms with van der Waals surface area (Å²) < 4.78 is 0. The number of nitrogens with one attached hydrogen (secondary N) is 3. The Hall–Kier alpha value is -1.33. The fourth-order valence-corrected chi connectivity index (χ4v) is 1.63. The van der Waals surface area contributed by atoms with Gasteiger partial charge in [-0.05, 0) is 38.2 Å². The molecule has 92 valence electrons. The van der Waals surface area contributed by atoms with E-state index in [9.17, 15) is 4.79 Å². The molecule has 0 unspecified atom stereocenters. The van der Waals surface area contributed by atoms with Crippen molar-refractivity contribution in [1.29, 1.82) is 0 Å². The topological polar surface area (TPSA) is 53.2 Å². The van der Waals surface area contributed by atoms with Crippen LogP contribution in [0.1, 0.15) is 24.2 Å². The highest BCUT2D eigenvalue weighted by Gasteiger charge is 2.09. The van der Waals surface area contributed by atoms with Crippen LogP contribution < -0.4 is 16.2 Å². The molecule has 0 atom stereocenters. The predicted octanol–water partition coefficient (Wildman–Crippen LogP) is 1.86. The Morgan fingerprint density at radius 2 is 1.94 bits per heavy atom. The number of carbonyl (C=O) groups is 1. The molecule has 0 saturated heterocycles. The summed E-state index contributed by atoms with van der Waals surface area (Å²) in [4.78, 5) is 11.7. The van der Waals surface area contributed by atoms with Gasteiger partial charge in [0.1, 0.15) is 0 Å². The van der Waals surface area contributed by atoms with Crippen LogP contribution in [0, 0.1) is 0 Å². The third-order valence-electron chi connectivity index (χ3n) is 1.83. The van der Waals surface area contributed by atoms with Gasteiger partial charge in [-0.3, -0.25) is 15.6 Å². The van der Waals surface area contributed by atoms with Crippen molar-refractivity contribution in [2.24, 2.45) is 0 Å². The molecule has 0 heterocycles. The van der Waals surface area contributed by atoms with Crippen molar-refractivity contribution in [3.8, 4) is 0 Å². The van der Waals surface area contributed by atoms with Gasteiger partial charge in [-0.2, -0.15) is 0 Å². The van der Waals surface area contributed by atoms with Gasteiger partial charge in [-0.15, -0.1) is 0 Å². The summed E-state index contributed by atoms with van der Waals surface area (Å²) in [5, 5.41) is 3.70. The van der Waals surface area contributed by atoms with Crippen LogP contribution in [0.4, 0.5) is 0 Å². The molecular formula is C11H14ClN3OS. The highest BCUT2D eigenvalue weighted by molar-refractivity contribution is 7.80. The summed E-state index contributed by atoms with van der Waals surface area (Å²) in [6.45, 7) is 3.90. The quantitative estimate of drug-likeness (QED) is 0.568. The summed E-state index contributed by atoms with van der Waals surface area (Å²) >= 11 is 10.8. The summed E-state index contributed by atoms with van der Waals surface area (Å²) in [5.74, 6) is -0.330. The number of halogens is 1. The van der Waals surface area contributed by atoms with Crippen molar-refractivity contribution in [2.75, 3.05) is 0 Å². The molecule has 0 aliphatic rings. The molecule has 0 aromatic heterocycles. The van der Waals surface area contributed by atoms with E-state index in [2.05, 4.69) is 16.2 Å². The van der Waals surface area contributed by atoms with Crippen LogP contribution in [0.5, 0.6) is 0 Å². The van der Waals surface area contributed by atoms with Crippen LogP contribution in [0.2, 0.25) is 5.02 Å². The maximum Gasteiger partial charge on any atom is 0.271 e. The molecule has 0 aliphatic heterocycles. The van der Waals surface area contributed by atoms with E-state index in [1.54, 1.807) is 24.3 Å². The van der Waals surface area contributed by atoms with Crippen molar-refractivity contribution < 1.29 is 4.79 Å². The smallest absolute Gasteiger partial charge is 0.271 e. The number of carbonyl (C=O) groups excluding carboxylic acids is 1. The van der Waals surface area contributed by atoms with Crippen LogP contribution in [-0.4, -0.2) is 17.1 Å². The molecule has 1 amide bonds. The zero-order valence-electron chi connectivity index (χ0n) is 9.58. The molecule has 3 N–H and O–H groups in total. The van der Waals surface area contributed by atoms with Crippen molar-refractivity contribution in [3.63, 3.8) is 0 Å². The molecule has 6 heteroatoms. The van der Waals surface area contributed by atoms with Crippen LogP contribution >= 0.6 is 23.8 Å². The SMILES string of the molecule is CC(C)NC(=S)NNC(=O)c1ccccc1Cl. The van der Waals surface area contributed by atoms with Crippen LogP contribution in [0.15, 0.2) is 24.3 Å². The van der Waals surface area contributed by atoms with Gasteiger partial charge < -0.3 is 5.32 Å². The fraction of sp³-hybridized carbons (Fsp3) is 0.273. The van der Waals surface area contributed by atoms with E-state index in [4.69, 9.17) is 23.8 Å². The normalized spacial score (nSPS) is 9.88. The van der Waals surface area contributed by atoms with E-state index in [0.29, 0.717) is 15.7 Å². The molecule has 1 aromatic rings. The van der Waals surface area contributed by atoms with Crippen molar-refractivity contribution in [2.45, 2.75) is 19.9 Å². The highest BCUT2D eigenvalue weighted by Crippen LogP contribution is 2.13. The first-order valence-corrected chi connectivity index (χ1v) is 5.90. The number of thiocarbonyl (C=S) groups is 1. The molecule has 17 heavy (non-hydrogen) atoms. The Morgan fingerprint density at radius 3 is 2.53 bits per heavy atom. The van der Waals surface area contributed by atoms with Crippen molar-refractivity contribution in [3.05, 3.63) is 34.9 Å². The molecule has 0 radical (unpaired) electrons. The predicted molar refractivity (Wildman–Crippen MR) is 72.9 cm³/mol. The molecule has 4 nitrogen and oxygen atoms in total. The van der Waals surface area contributed by atoms with Gasteiger partial charge in [-0.1, -0.05) is 23.7 Å². The minimum absolute atomic E-state index is 0.201. The fourth-order valence-electron chi connectivity index (χ4n) is 1.12. The minimum atomic E-state index is -0.330. The summed E-state index contributed by atoms with van der Waals surface area (Å²) in [6.07, 6.45) is 0. The Morgan fingerprint density at radius 1 is 1.29 bits per heavy atom. The van der Waals surface area contributed by atoms with Crippen molar-refractivity contribution in [1.82, 2.24) is 16.2 Å². The lowest BCUT2D eigenvalue weighted by atomic mass is 10.2. The van der Waals surface area contributed by atoms with E-state index < -0.39 is 0 Å². The largest absolute Gasteiger partial charge is 0.359 e. The highest BCUT2D eigenvalue weighted by atomic mass is 35.5. The van der Waals surface area contributed by atoms with E-state index in [1.807, 2.05) is 13.8 Å². The van der Waals surface area contributed by atoms with Gasteiger partial charge in [0.05, 0.1) is 10.6 Å². The molecule has 0 aliphatic carbocycles. The van der Waals surface area contributed by atoms with E-state index in [0.717, 1.165) is 0 Å². The maximum atomic E-state index is 11.7. The Kier molecular flexibility index (Phi) is 5.18. The van der Waals surface area contributed by atoms with Crippen LogP contribution in [-0.2, 0) is 0 Å². The Labute approximate surface area is 111 Å². The third-order valence-corrected chi connectivity index (χ3v) is 2.38. The second-order valence-corrected chi connectivity index (χ2v) is 4.50.